The molecule has 0 radical (unpaired) electrons. The predicted molar refractivity (Wildman–Crippen MR) is 105 cm³/mol. The van der Waals surface area contributed by atoms with Gasteiger partial charge in [0.15, 0.2) is 10.8 Å². The molecular formula is C20H23N5S. The van der Waals surface area contributed by atoms with Gasteiger partial charge in [-0.05, 0) is 43.3 Å². The molecule has 0 aliphatic carbocycles. The second-order valence-electron chi connectivity index (χ2n) is 7.02. The summed E-state index contributed by atoms with van der Waals surface area (Å²) in [7, 11) is 4.23. The van der Waals surface area contributed by atoms with E-state index in [4.69, 9.17) is 4.98 Å². The number of fused-ring (bicyclic) bond motifs is 1. The Morgan fingerprint density at radius 3 is 2.81 bits per heavy atom. The normalized spacial score (nSPS) is 14.6. The maximum absolute atomic E-state index is 4.72. The maximum Gasteiger partial charge on any atom is 0.188 e. The monoisotopic (exact) mass is 365 g/mol. The summed E-state index contributed by atoms with van der Waals surface area (Å²) in [5, 5.41) is 3.02. The van der Waals surface area contributed by atoms with E-state index < -0.39 is 0 Å². The number of benzene rings is 1. The Labute approximate surface area is 158 Å². The molecule has 0 saturated heterocycles. The van der Waals surface area contributed by atoms with Gasteiger partial charge in [-0.2, -0.15) is 0 Å². The summed E-state index contributed by atoms with van der Waals surface area (Å²) in [6.07, 6.45) is 4.63. The van der Waals surface area contributed by atoms with Crippen LogP contribution in [0.4, 0.5) is 0 Å². The Morgan fingerprint density at radius 1 is 1.15 bits per heavy atom. The average molecular weight is 366 g/mol. The highest BCUT2D eigenvalue weighted by molar-refractivity contribution is 7.13. The molecule has 134 valence electrons. The molecule has 2 aromatic heterocycles. The van der Waals surface area contributed by atoms with Crippen molar-refractivity contribution in [3.8, 4) is 10.8 Å². The minimum absolute atomic E-state index is 0.709. The number of nitrogens with zero attached hydrogens (tertiary/aromatic N) is 5. The van der Waals surface area contributed by atoms with E-state index in [1.54, 1.807) is 23.7 Å². The van der Waals surface area contributed by atoms with Crippen LogP contribution in [0.1, 0.15) is 22.4 Å². The number of hydrogen-bond acceptors (Lipinski definition) is 6. The first-order valence-electron chi connectivity index (χ1n) is 8.87. The average Bonchev–Trinajstić information content (AvgIpc) is 3.10. The highest BCUT2D eigenvalue weighted by Gasteiger charge is 2.18. The van der Waals surface area contributed by atoms with E-state index in [-0.39, 0.29) is 0 Å². The van der Waals surface area contributed by atoms with Crippen molar-refractivity contribution in [2.24, 2.45) is 0 Å². The van der Waals surface area contributed by atoms with Gasteiger partial charge < -0.3 is 4.90 Å². The number of thiazole rings is 1. The molecule has 0 fully saturated rings. The zero-order valence-electron chi connectivity index (χ0n) is 15.2. The Kier molecular flexibility index (Phi) is 5.06. The summed E-state index contributed by atoms with van der Waals surface area (Å²) < 4.78 is 0. The van der Waals surface area contributed by atoms with Gasteiger partial charge in [0.05, 0.1) is 5.69 Å². The van der Waals surface area contributed by atoms with E-state index in [1.807, 2.05) is 6.07 Å². The van der Waals surface area contributed by atoms with E-state index in [2.05, 4.69) is 57.4 Å². The number of aromatic nitrogens is 3. The van der Waals surface area contributed by atoms with Crippen molar-refractivity contribution >= 4 is 11.3 Å². The van der Waals surface area contributed by atoms with Crippen LogP contribution in [0.5, 0.6) is 0 Å². The van der Waals surface area contributed by atoms with Gasteiger partial charge in [-0.25, -0.2) is 15.0 Å². The van der Waals surface area contributed by atoms with E-state index in [9.17, 15) is 0 Å². The van der Waals surface area contributed by atoms with E-state index in [0.29, 0.717) is 5.82 Å². The molecule has 4 rings (SSSR count). The van der Waals surface area contributed by atoms with E-state index in [1.165, 1.54) is 16.7 Å². The van der Waals surface area contributed by atoms with Crippen LogP contribution >= 0.6 is 11.3 Å². The Hall–Kier alpha value is -2.15. The summed E-state index contributed by atoms with van der Waals surface area (Å²) in [5.74, 6) is 0.709. The summed E-state index contributed by atoms with van der Waals surface area (Å²) >= 11 is 1.62. The number of hydrogen-bond donors (Lipinski definition) is 0. The summed E-state index contributed by atoms with van der Waals surface area (Å²) in [5.41, 5.74) is 5.44. The van der Waals surface area contributed by atoms with Gasteiger partial charge in [0.2, 0.25) is 0 Å². The molecule has 0 bridgehead atoms. The third-order valence-electron chi connectivity index (χ3n) is 4.56. The van der Waals surface area contributed by atoms with Crippen molar-refractivity contribution in [1.82, 2.24) is 24.8 Å². The van der Waals surface area contributed by atoms with E-state index >= 15 is 0 Å². The molecule has 0 unspecified atom stereocenters. The van der Waals surface area contributed by atoms with E-state index in [0.717, 1.165) is 43.3 Å². The fraction of sp³-hybridized carbons (Fsp3) is 0.350. The van der Waals surface area contributed by atoms with Gasteiger partial charge in [-0.3, -0.25) is 4.90 Å². The quantitative estimate of drug-likeness (QED) is 0.695. The summed E-state index contributed by atoms with van der Waals surface area (Å²) in [6, 6.07) is 8.76. The van der Waals surface area contributed by atoms with Gasteiger partial charge in [-0.15, -0.1) is 11.3 Å². The zero-order valence-corrected chi connectivity index (χ0v) is 16.0. The SMILES string of the molecule is CN(C)Cc1ccc2c(c1)CCN(Cc1csc(-c3ncccn3)n1)C2. The second kappa shape index (κ2) is 7.61. The first kappa shape index (κ1) is 17.3. The molecule has 1 aromatic carbocycles. The Morgan fingerprint density at radius 2 is 2.00 bits per heavy atom. The van der Waals surface area contributed by atoms with Crippen LogP contribution in [-0.2, 0) is 26.1 Å². The largest absolute Gasteiger partial charge is 0.305 e. The van der Waals surface area contributed by atoms with Crippen LogP contribution in [-0.4, -0.2) is 45.4 Å². The van der Waals surface area contributed by atoms with Crippen molar-refractivity contribution in [3.05, 3.63) is 64.4 Å². The Bertz CT molecular complexity index is 875. The first-order valence-corrected chi connectivity index (χ1v) is 9.75. The molecule has 26 heavy (non-hydrogen) atoms. The lowest BCUT2D eigenvalue weighted by Gasteiger charge is -2.28. The second-order valence-corrected chi connectivity index (χ2v) is 7.88. The molecule has 0 spiro atoms. The molecule has 6 heteroatoms. The van der Waals surface area contributed by atoms with Gasteiger partial charge >= 0.3 is 0 Å². The summed E-state index contributed by atoms with van der Waals surface area (Å²) in [6.45, 7) is 3.95. The van der Waals surface area contributed by atoms with Gasteiger partial charge in [0.1, 0.15) is 0 Å². The van der Waals surface area contributed by atoms with Gasteiger partial charge in [-0.1, -0.05) is 18.2 Å². The fourth-order valence-corrected chi connectivity index (χ4v) is 4.14. The van der Waals surface area contributed by atoms with Crippen LogP contribution in [0.2, 0.25) is 0 Å². The minimum Gasteiger partial charge on any atom is -0.305 e. The molecule has 0 saturated carbocycles. The minimum atomic E-state index is 0.709. The molecule has 0 amide bonds. The van der Waals surface area contributed by atoms with Crippen molar-refractivity contribution in [2.45, 2.75) is 26.1 Å². The molecular weight excluding hydrogens is 342 g/mol. The summed E-state index contributed by atoms with van der Waals surface area (Å²) in [4.78, 5) is 18.0. The van der Waals surface area contributed by atoms with Crippen LogP contribution in [0.3, 0.4) is 0 Å². The van der Waals surface area contributed by atoms with Crippen LogP contribution in [0.25, 0.3) is 10.8 Å². The highest BCUT2D eigenvalue weighted by atomic mass is 32.1. The topological polar surface area (TPSA) is 45.2 Å². The van der Waals surface area contributed by atoms with Crippen molar-refractivity contribution in [1.29, 1.82) is 0 Å². The molecule has 1 aliphatic rings. The third kappa shape index (κ3) is 3.98. The molecule has 0 N–H and O–H groups in total. The number of rotatable bonds is 5. The highest BCUT2D eigenvalue weighted by Crippen LogP contribution is 2.24. The lowest BCUT2D eigenvalue weighted by Crippen LogP contribution is -2.30. The molecule has 3 aromatic rings. The van der Waals surface area contributed by atoms with Crippen molar-refractivity contribution in [3.63, 3.8) is 0 Å². The molecule has 5 nitrogen and oxygen atoms in total. The lowest BCUT2D eigenvalue weighted by molar-refractivity contribution is 0.243. The smallest absolute Gasteiger partial charge is 0.188 e. The van der Waals surface area contributed by atoms with Crippen molar-refractivity contribution in [2.75, 3.05) is 20.6 Å². The molecule has 1 aliphatic heterocycles. The lowest BCUT2D eigenvalue weighted by atomic mass is 9.97. The fourth-order valence-electron chi connectivity index (χ4n) is 3.38. The molecule has 0 atom stereocenters. The van der Waals surface area contributed by atoms with Gasteiger partial charge in [0.25, 0.3) is 0 Å². The van der Waals surface area contributed by atoms with Gasteiger partial charge in [0, 0.05) is 44.0 Å². The predicted octanol–water partition coefficient (Wildman–Crippen LogP) is 3.22. The standard InChI is InChI=1S/C20H23N5S/c1-24(2)11-15-4-5-17-12-25(9-6-16(17)10-15)13-18-14-26-20(23-18)19-21-7-3-8-22-19/h3-5,7-8,10,14H,6,9,11-13H2,1-2H3. The zero-order chi connectivity index (χ0) is 17.9. The van der Waals surface area contributed by atoms with Crippen molar-refractivity contribution < 1.29 is 0 Å². The van der Waals surface area contributed by atoms with Crippen LogP contribution in [0.15, 0.2) is 42.0 Å². The maximum atomic E-state index is 4.72. The first-order chi connectivity index (χ1) is 12.7. The van der Waals surface area contributed by atoms with Crippen LogP contribution in [0, 0.1) is 0 Å². The third-order valence-corrected chi connectivity index (χ3v) is 5.44. The molecule has 3 heterocycles. The van der Waals surface area contributed by atoms with Crippen LogP contribution < -0.4 is 0 Å². The Balaban J connectivity index is 1.43.